The standard InChI is InChI=1S/C14H13Cl2NO/c1-18-14-6-9(3-5-13(14)16)12-7-11(15)4-2-10(12)8-17/h2-7H,8,17H2,1H3. The zero-order chi connectivity index (χ0) is 13.1. The maximum Gasteiger partial charge on any atom is 0.138 e. The normalized spacial score (nSPS) is 10.4. The highest BCUT2D eigenvalue weighted by atomic mass is 35.5. The van der Waals surface area contributed by atoms with Crippen molar-refractivity contribution in [2.45, 2.75) is 6.54 Å². The molecule has 0 aliphatic heterocycles. The topological polar surface area (TPSA) is 35.2 Å². The lowest BCUT2D eigenvalue weighted by atomic mass is 9.99. The number of nitrogens with two attached hydrogens (primary N) is 1. The van der Waals surface area contributed by atoms with Gasteiger partial charge in [0.15, 0.2) is 0 Å². The summed E-state index contributed by atoms with van der Waals surface area (Å²) in [5, 5.41) is 1.26. The lowest BCUT2D eigenvalue weighted by Gasteiger charge is -2.11. The quantitative estimate of drug-likeness (QED) is 0.918. The van der Waals surface area contributed by atoms with Crippen LogP contribution in [0.5, 0.6) is 5.75 Å². The van der Waals surface area contributed by atoms with E-state index in [0.29, 0.717) is 22.3 Å². The van der Waals surface area contributed by atoms with Gasteiger partial charge in [-0.05, 0) is 41.0 Å². The molecule has 18 heavy (non-hydrogen) atoms. The fourth-order valence-corrected chi connectivity index (χ4v) is 2.19. The Balaban J connectivity index is 2.57. The van der Waals surface area contributed by atoms with Gasteiger partial charge in [-0.3, -0.25) is 0 Å². The average molecular weight is 282 g/mol. The van der Waals surface area contributed by atoms with Gasteiger partial charge in [0.1, 0.15) is 5.75 Å². The fraction of sp³-hybridized carbons (Fsp3) is 0.143. The number of halogens is 2. The summed E-state index contributed by atoms with van der Waals surface area (Å²) < 4.78 is 5.21. The maximum atomic E-state index is 6.03. The predicted octanol–water partition coefficient (Wildman–Crippen LogP) is 4.13. The minimum atomic E-state index is 0.456. The van der Waals surface area contributed by atoms with Crippen LogP contribution < -0.4 is 10.5 Å². The Morgan fingerprint density at radius 1 is 1.11 bits per heavy atom. The van der Waals surface area contributed by atoms with Crippen molar-refractivity contribution < 1.29 is 4.74 Å². The van der Waals surface area contributed by atoms with Crippen LogP contribution in [0.1, 0.15) is 5.56 Å². The van der Waals surface area contributed by atoms with Crippen molar-refractivity contribution in [3.8, 4) is 16.9 Å². The molecule has 0 heterocycles. The van der Waals surface area contributed by atoms with Crippen molar-refractivity contribution in [1.82, 2.24) is 0 Å². The number of benzene rings is 2. The summed E-state index contributed by atoms with van der Waals surface area (Å²) in [6.07, 6.45) is 0. The third-order valence-corrected chi connectivity index (χ3v) is 3.30. The van der Waals surface area contributed by atoms with Gasteiger partial charge < -0.3 is 10.5 Å². The molecule has 0 spiro atoms. The summed E-state index contributed by atoms with van der Waals surface area (Å²) in [4.78, 5) is 0. The van der Waals surface area contributed by atoms with Crippen LogP contribution in [0.3, 0.4) is 0 Å². The van der Waals surface area contributed by atoms with Crippen LogP contribution in [-0.4, -0.2) is 7.11 Å². The average Bonchev–Trinajstić information content (AvgIpc) is 2.39. The first-order chi connectivity index (χ1) is 8.65. The first-order valence-corrected chi connectivity index (χ1v) is 6.23. The Hall–Kier alpha value is -1.22. The molecular weight excluding hydrogens is 269 g/mol. The minimum Gasteiger partial charge on any atom is -0.495 e. The summed E-state index contributed by atoms with van der Waals surface area (Å²) in [5.74, 6) is 0.636. The lowest BCUT2D eigenvalue weighted by Crippen LogP contribution is -1.99. The molecule has 2 aromatic rings. The van der Waals surface area contributed by atoms with Crippen LogP contribution in [0.4, 0.5) is 0 Å². The Morgan fingerprint density at radius 3 is 2.56 bits per heavy atom. The molecule has 0 radical (unpaired) electrons. The van der Waals surface area contributed by atoms with Crippen LogP contribution in [0, 0.1) is 0 Å². The largest absolute Gasteiger partial charge is 0.495 e. The Kier molecular flexibility index (Phi) is 4.12. The predicted molar refractivity (Wildman–Crippen MR) is 76.3 cm³/mol. The van der Waals surface area contributed by atoms with E-state index in [1.54, 1.807) is 13.2 Å². The highest BCUT2D eigenvalue weighted by molar-refractivity contribution is 6.32. The molecule has 0 aromatic heterocycles. The molecule has 2 rings (SSSR count). The van der Waals surface area contributed by atoms with E-state index < -0.39 is 0 Å². The number of methoxy groups -OCH3 is 1. The lowest BCUT2D eigenvalue weighted by molar-refractivity contribution is 0.415. The van der Waals surface area contributed by atoms with Gasteiger partial charge >= 0.3 is 0 Å². The molecule has 0 saturated heterocycles. The molecule has 2 aromatic carbocycles. The molecule has 0 fully saturated rings. The molecule has 0 unspecified atom stereocenters. The molecule has 0 aliphatic carbocycles. The van der Waals surface area contributed by atoms with Crippen LogP contribution in [0.25, 0.3) is 11.1 Å². The van der Waals surface area contributed by atoms with E-state index >= 15 is 0 Å². The summed E-state index contributed by atoms with van der Waals surface area (Å²) in [6.45, 7) is 0.456. The van der Waals surface area contributed by atoms with Gasteiger partial charge in [0.25, 0.3) is 0 Å². The number of hydrogen-bond acceptors (Lipinski definition) is 2. The number of rotatable bonds is 3. The Morgan fingerprint density at radius 2 is 1.89 bits per heavy atom. The van der Waals surface area contributed by atoms with E-state index in [-0.39, 0.29) is 0 Å². The molecule has 0 amide bonds. The van der Waals surface area contributed by atoms with E-state index in [1.165, 1.54) is 0 Å². The van der Waals surface area contributed by atoms with Gasteiger partial charge in [0.2, 0.25) is 0 Å². The Bertz CT molecular complexity index is 570. The first-order valence-electron chi connectivity index (χ1n) is 5.48. The van der Waals surface area contributed by atoms with Crippen molar-refractivity contribution >= 4 is 23.2 Å². The van der Waals surface area contributed by atoms with E-state index in [0.717, 1.165) is 16.7 Å². The Labute approximate surface area is 116 Å². The number of hydrogen-bond donors (Lipinski definition) is 1. The van der Waals surface area contributed by atoms with Crippen LogP contribution in [0.2, 0.25) is 10.0 Å². The molecule has 94 valence electrons. The van der Waals surface area contributed by atoms with Gasteiger partial charge in [-0.25, -0.2) is 0 Å². The number of ether oxygens (including phenoxy) is 1. The SMILES string of the molecule is COc1cc(-c2cc(Cl)ccc2CN)ccc1Cl. The third-order valence-electron chi connectivity index (χ3n) is 2.75. The highest BCUT2D eigenvalue weighted by Gasteiger charge is 2.08. The molecule has 2 nitrogen and oxygen atoms in total. The first kappa shape index (κ1) is 13.2. The fourth-order valence-electron chi connectivity index (χ4n) is 1.82. The van der Waals surface area contributed by atoms with Gasteiger partial charge in [-0.2, -0.15) is 0 Å². The van der Waals surface area contributed by atoms with Crippen molar-refractivity contribution in [3.63, 3.8) is 0 Å². The van der Waals surface area contributed by atoms with Crippen molar-refractivity contribution in [2.24, 2.45) is 5.73 Å². The molecule has 2 N–H and O–H groups in total. The molecular formula is C14H13Cl2NO. The van der Waals surface area contributed by atoms with E-state index in [9.17, 15) is 0 Å². The monoisotopic (exact) mass is 281 g/mol. The summed E-state index contributed by atoms with van der Waals surface area (Å²) in [5.41, 5.74) is 8.75. The smallest absolute Gasteiger partial charge is 0.138 e. The van der Waals surface area contributed by atoms with Crippen LogP contribution in [0.15, 0.2) is 36.4 Å². The molecule has 0 aliphatic rings. The van der Waals surface area contributed by atoms with Gasteiger partial charge in [-0.1, -0.05) is 35.3 Å². The summed E-state index contributed by atoms with van der Waals surface area (Å²) in [7, 11) is 1.59. The third kappa shape index (κ3) is 2.61. The molecule has 0 atom stereocenters. The highest BCUT2D eigenvalue weighted by Crippen LogP contribution is 2.33. The zero-order valence-corrected chi connectivity index (χ0v) is 11.4. The van der Waals surface area contributed by atoms with Crippen molar-refractivity contribution in [1.29, 1.82) is 0 Å². The van der Waals surface area contributed by atoms with E-state index in [4.69, 9.17) is 33.7 Å². The molecule has 0 bridgehead atoms. The summed E-state index contributed by atoms with van der Waals surface area (Å²) >= 11 is 12.0. The van der Waals surface area contributed by atoms with Crippen LogP contribution in [-0.2, 0) is 6.54 Å². The second-order valence-corrected chi connectivity index (χ2v) is 4.70. The minimum absolute atomic E-state index is 0.456. The molecule has 0 saturated carbocycles. The molecule has 4 heteroatoms. The van der Waals surface area contributed by atoms with E-state index in [2.05, 4.69) is 0 Å². The van der Waals surface area contributed by atoms with Gasteiger partial charge in [0.05, 0.1) is 12.1 Å². The maximum absolute atomic E-state index is 6.03. The van der Waals surface area contributed by atoms with Gasteiger partial charge in [0, 0.05) is 11.6 Å². The summed E-state index contributed by atoms with van der Waals surface area (Å²) in [6, 6.07) is 11.3. The second-order valence-electron chi connectivity index (χ2n) is 3.85. The van der Waals surface area contributed by atoms with Gasteiger partial charge in [-0.15, -0.1) is 0 Å². The zero-order valence-electron chi connectivity index (χ0n) is 9.91. The van der Waals surface area contributed by atoms with E-state index in [1.807, 2.05) is 30.3 Å². The van der Waals surface area contributed by atoms with Crippen LogP contribution >= 0.6 is 23.2 Å². The van der Waals surface area contributed by atoms with Crippen molar-refractivity contribution in [2.75, 3.05) is 7.11 Å². The second kappa shape index (κ2) is 5.61. The van der Waals surface area contributed by atoms with Crippen molar-refractivity contribution in [3.05, 3.63) is 52.0 Å².